The van der Waals surface area contributed by atoms with E-state index in [0.717, 1.165) is 25.9 Å². The van der Waals surface area contributed by atoms with E-state index in [-0.39, 0.29) is 16.7 Å². The highest BCUT2D eigenvalue weighted by molar-refractivity contribution is 5.94. The van der Waals surface area contributed by atoms with Crippen molar-refractivity contribution >= 4 is 22.3 Å². The normalized spacial score (nSPS) is 20.8. The van der Waals surface area contributed by atoms with Gasteiger partial charge in [-0.25, -0.2) is 0 Å². The van der Waals surface area contributed by atoms with Crippen molar-refractivity contribution in [3.63, 3.8) is 0 Å². The van der Waals surface area contributed by atoms with Gasteiger partial charge in [0.15, 0.2) is 0 Å². The second-order valence-electron chi connectivity index (χ2n) is 7.78. The Bertz CT molecular complexity index is 811. The predicted molar refractivity (Wildman–Crippen MR) is 107 cm³/mol. The number of nitro groups is 1. The number of nitro benzene ring substituents is 1. The summed E-state index contributed by atoms with van der Waals surface area (Å²) < 4.78 is 0. The molecule has 0 atom stereocenters. The number of pyridine rings is 1. The highest BCUT2D eigenvalue weighted by Gasteiger charge is 2.28. The fourth-order valence-electron chi connectivity index (χ4n) is 4.44. The van der Waals surface area contributed by atoms with Crippen LogP contribution in [0.25, 0.3) is 10.9 Å². The highest BCUT2D eigenvalue weighted by atomic mass is 16.6. The summed E-state index contributed by atoms with van der Waals surface area (Å²) in [5.41, 5.74) is 1.41. The van der Waals surface area contributed by atoms with Gasteiger partial charge < -0.3 is 15.1 Å². The fraction of sp³-hybridized carbons (Fsp3) is 0.550. The van der Waals surface area contributed by atoms with Gasteiger partial charge >= 0.3 is 5.69 Å². The molecular weight excluding hydrogens is 342 g/mol. The van der Waals surface area contributed by atoms with Crippen LogP contribution in [0, 0.1) is 10.1 Å². The van der Waals surface area contributed by atoms with Crippen molar-refractivity contribution in [3.8, 4) is 0 Å². The minimum absolute atomic E-state index is 0.137. The Morgan fingerprint density at radius 3 is 2.56 bits per heavy atom. The maximum atomic E-state index is 11.7. The minimum atomic E-state index is -0.292. The number of fused-ring (bicyclic) bond motifs is 1. The standard InChI is InChI=1S/C20H27N5O2/c1-23-11-8-16(9-12-23)24-13-6-15(7-14-24)22-19-5-4-18-17(3-2-10-21-18)20(19)25(26)27/h2-5,10,15-16,22H,6-9,11-14H2,1H3. The Hall–Kier alpha value is -2.25. The molecule has 27 heavy (non-hydrogen) atoms. The second-order valence-corrected chi connectivity index (χ2v) is 7.78. The van der Waals surface area contributed by atoms with Crippen molar-refractivity contribution in [2.24, 2.45) is 0 Å². The number of benzene rings is 1. The summed E-state index contributed by atoms with van der Waals surface area (Å²) in [6, 6.07) is 8.16. The van der Waals surface area contributed by atoms with Gasteiger partial charge in [0, 0.05) is 31.4 Å². The highest BCUT2D eigenvalue weighted by Crippen LogP contribution is 2.34. The van der Waals surface area contributed by atoms with Crippen LogP contribution in [-0.2, 0) is 0 Å². The lowest BCUT2D eigenvalue weighted by molar-refractivity contribution is -0.382. The molecule has 2 aliphatic heterocycles. The topological polar surface area (TPSA) is 74.5 Å². The van der Waals surface area contributed by atoms with Gasteiger partial charge in [0.1, 0.15) is 5.69 Å². The molecule has 144 valence electrons. The van der Waals surface area contributed by atoms with Gasteiger partial charge in [-0.05, 0) is 70.1 Å². The van der Waals surface area contributed by atoms with Crippen molar-refractivity contribution in [2.45, 2.75) is 37.8 Å². The molecule has 1 N–H and O–H groups in total. The van der Waals surface area contributed by atoms with E-state index < -0.39 is 0 Å². The van der Waals surface area contributed by atoms with Crippen molar-refractivity contribution in [1.82, 2.24) is 14.8 Å². The molecule has 2 aliphatic rings. The summed E-state index contributed by atoms with van der Waals surface area (Å²) in [6.45, 7) is 4.49. The first-order valence-corrected chi connectivity index (χ1v) is 9.83. The number of piperidine rings is 2. The number of hydrogen-bond donors (Lipinski definition) is 1. The van der Waals surface area contributed by atoms with E-state index in [2.05, 4.69) is 27.1 Å². The molecule has 0 unspecified atom stereocenters. The minimum Gasteiger partial charge on any atom is -0.377 e. The van der Waals surface area contributed by atoms with Crippen LogP contribution in [0.2, 0.25) is 0 Å². The molecule has 2 aromatic rings. The zero-order valence-electron chi connectivity index (χ0n) is 15.8. The maximum Gasteiger partial charge on any atom is 0.301 e. The first-order valence-electron chi connectivity index (χ1n) is 9.83. The SMILES string of the molecule is CN1CCC(N2CCC(Nc3ccc4ncccc4c3[N+](=O)[O-])CC2)CC1. The second kappa shape index (κ2) is 7.78. The molecule has 0 bridgehead atoms. The zero-order chi connectivity index (χ0) is 18.8. The molecule has 4 rings (SSSR count). The molecular formula is C20H27N5O2. The fourth-order valence-corrected chi connectivity index (χ4v) is 4.44. The molecule has 0 spiro atoms. The third-order valence-electron chi connectivity index (χ3n) is 6.03. The van der Waals surface area contributed by atoms with E-state index in [4.69, 9.17) is 0 Å². The maximum absolute atomic E-state index is 11.7. The van der Waals surface area contributed by atoms with Crippen LogP contribution in [0.5, 0.6) is 0 Å². The molecule has 0 aliphatic carbocycles. The van der Waals surface area contributed by atoms with Crippen molar-refractivity contribution in [1.29, 1.82) is 0 Å². The molecule has 0 saturated carbocycles. The number of anilines is 1. The lowest BCUT2D eigenvalue weighted by Crippen LogP contribution is -2.48. The number of hydrogen-bond acceptors (Lipinski definition) is 6. The van der Waals surface area contributed by atoms with E-state index in [1.54, 1.807) is 24.4 Å². The van der Waals surface area contributed by atoms with Crippen molar-refractivity contribution in [3.05, 3.63) is 40.6 Å². The van der Waals surface area contributed by atoms with Gasteiger partial charge in [-0.2, -0.15) is 0 Å². The van der Waals surface area contributed by atoms with E-state index in [1.165, 1.54) is 25.9 Å². The van der Waals surface area contributed by atoms with Crippen LogP contribution in [0.3, 0.4) is 0 Å². The molecule has 1 aromatic heterocycles. The van der Waals surface area contributed by atoms with Gasteiger partial charge in [0.2, 0.25) is 0 Å². The summed E-state index contributed by atoms with van der Waals surface area (Å²) in [6.07, 6.45) is 6.20. The molecule has 3 heterocycles. The molecule has 2 saturated heterocycles. The number of nitrogens with one attached hydrogen (secondary N) is 1. The third kappa shape index (κ3) is 3.89. The van der Waals surface area contributed by atoms with Crippen LogP contribution in [-0.4, -0.2) is 65.0 Å². The molecule has 7 heteroatoms. The Balaban J connectivity index is 1.43. The molecule has 2 fully saturated rings. The predicted octanol–water partition coefficient (Wildman–Crippen LogP) is 3.11. The van der Waals surface area contributed by atoms with Crippen LogP contribution in [0.4, 0.5) is 11.4 Å². The lowest BCUT2D eigenvalue weighted by Gasteiger charge is -2.41. The van der Waals surface area contributed by atoms with E-state index in [9.17, 15) is 10.1 Å². The Morgan fingerprint density at radius 1 is 1.11 bits per heavy atom. The van der Waals surface area contributed by atoms with Gasteiger partial charge in [-0.1, -0.05) is 0 Å². The zero-order valence-corrected chi connectivity index (χ0v) is 15.8. The van der Waals surface area contributed by atoms with Gasteiger partial charge in [0.05, 0.1) is 15.8 Å². The van der Waals surface area contributed by atoms with E-state index in [1.807, 2.05) is 6.07 Å². The van der Waals surface area contributed by atoms with E-state index in [0.29, 0.717) is 22.6 Å². The Labute approximate surface area is 159 Å². The molecule has 0 amide bonds. The first kappa shape index (κ1) is 18.1. The summed E-state index contributed by atoms with van der Waals surface area (Å²) in [7, 11) is 2.19. The van der Waals surface area contributed by atoms with Crippen LogP contribution in [0.15, 0.2) is 30.5 Å². The van der Waals surface area contributed by atoms with Crippen LogP contribution in [0.1, 0.15) is 25.7 Å². The molecule has 0 radical (unpaired) electrons. The summed E-state index contributed by atoms with van der Waals surface area (Å²) in [4.78, 5) is 20.6. The van der Waals surface area contributed by atoms with Gasteiger partial charge in [0.25, 0.3) is 0 Å². The number of likely N-dealkylation sites (tertiary alicyclic amines) is 2. The van der Waals surface area contributed by atoms with Gasteiger partial charge in [-0.15, -0.1) is 0 Å². The lowest BCUT2D eigenvalue weighted by atomic mass is 9.97. The average molecular weight is 369 g/mol. The van der Waals surface area contributed by atoms with Crippen molar-refractivity contribution in [2.75, 3.05) is 38.5 Å². The van der Waals surface area contributed by atoms with Crippen LogP contribution >= 0.6 is 0 Å². The van der Waals surface area contributed by atoms with Crippen LogP contribution < -0.4 is 5.32 Å². The number of rotatable bonds is 4. The number of aromatic nitrogens is 1. The van der Waals surface area contributed by atoms with Crippen molar-refractivity contribution < 1.29 is 4.92 Å². The smallest absolute Gasteiger partial charge is 0.301 e. The summed E-state index contributed by atoms with van der Waals surface area (Å²) in [5, 5.41) is 15.7. The monoisotopic (exact) mass is 369 g/mol. The molecule has 7 nitrogen and oxygen atoms in total. The first-order chi connectivity index (χ1) is 13.1. The third-order valence-corrected chi connectivity index (χ3v) is 6.03. The summed E-state index contributed by atoms with van der Waals surface area (Å²) >= 11 is 0. The average Bonchev–Trinajstić information content (AvgIpc) is 2.69. The number of nitrogens with zero attached hydrogens (tertiary/aromatic N) is 4. The largest absolute Gasteiger partial charge is 0.377 e. The molecule has 1 aromatic carbocycles. The summed E-state index contributed by atoms with van der Waals surface area (Å²) in [5.74, 6) is 0. The van der Waals surface area contributed by atoms with E-state index >= 15 is 0 Å². The Morgan fingerprint density at radius 2 is 1.85 bits per heavy atom. The van der Waals surface area contributed by atoms with Gasteiger partial charge in [-0.3, -0.25) is 15.1 Å². The Kier molecular flexibility index (Phi) is 5.22. The quantitative estimate of drug-likeness (QED) is 0.659.